The Morgan fingerprint density at radius 1 is 1.31 bits per heavy atom. The molecule has 3 rings (SSSR count). The molecule has 1 fully saturated rings. The van der Waals surface area contributed by atoms with Crippen LogP contribution in [0.15, 0.2) is 35.3 Å². The van der Waals surface area contributed by atoms with Crippen LogP contribution in [-0.4, -0.2) is 52.9 Å². The van der Waals surface area contributed by atoms with Gasteiger partial charge in [-0.3, -0.25) is 14.5 Å². The highest BCUT2D eigenvalue weighted by Gasteiger charge is 2.32. The Labute approximate surface area is 150 Å². The van der Waals surface area contributed by atoms with E-state index < -0.39 is 12.1 Å². The lowest BCUT2D eigenvalue weighted by Crippen LogP contribution is -2.52. The van der Waals surface area contributed by atoms with Gasteiger partial charge in [-0.25, -0.2) is 9.48 Å². The standard InChI is InChI=1S/C18H22N4O4/c1-26-18(25)21-10-5-4-8-15(21)16(23)19-9-11-22-17(24)14-7-3-2-6-13(14)12-20-22/h2-3,6-7,12,15H,4-5,8-11H2,1H3,(H,19,23)/t15-/m0/s1. The molecule has 1 saturated heterocycles. The van der Waals surface area contributed by atoms with Crippen LogP contribution in [0.5, 0.6) is 0 Å². The predicted octanol–water partition coefficient (Wildman–Crippen LogP) is 1.13. The summed E-state index contributed by atoms with van der Waals surface area (Å²) in [4.78, 5) is 38.1. The number of likely N-dealkylation sites (tertiary alicyclic amines) is 1. The number of nitrogens with one attached hydrogen (secondary N) is 1. The number of fused-ring (bicyclic) bond motifs is 1. The Hall–Kier alpha value is -2.90. The molecule has 2 amide bonds. The first-order valence-electron chi connectivity index (χ1n) is 8.69. The van der Waals surface area contributed by atoms with Crippen molar-refractivity contribution in [3.05, 3.63) is 40.8 Å². The van der Waals surface area contributed by atoms with Gasteiger partial charge in [-0.05, 0) is 25.3 Å². The minimum Gasteiger partial charge on any atom is -0.453 e. The molecule has 0 radical (unpaired) electrons. The molecule has 1 aliphatic rings. The highest BCUT2D eigenvalue weighted by molar-refractivity contribution is 5.85. The van der Waals surface area contributed by atoms with Crippen molar-refractivity contribution < 1.29 is 14.3 Å². The van der Waals surface area contributed by atoms with Gasteiger partial charge in [-0.2, -0.15) is 5.10 Å². The summed E-state index contributed by atoms with van der Waals surface area (Å²) < 4.78 is 6.09. The van der Waals surface area contributed by atoms with Crippen LogP contribution >= 0.6 is 0 Å². The maximum atomic E-state index is 12.4. The van der Waals surface area contributed by atoms with E-state index in [2.05, 4.69) is 10.4 Å². The lowest BCUT2D eigenvalue weighted by Gasteiger charge is -2.33. The molecule has 1 aromatic heterocycles. The number of hydrogen-bond acceptors (Lipinski definition) is 5. The molecule has 0 spiro atoms. The fourth-order valence-corrected chi connectivity index (χ4v) is 3.23. The molecule has 0 bridgehead atoms. The number of hydrogen-bond donors (Lipinski definition) is 1. The summed E-state index contributed by atoms with van der Waals surface area (Å²) in [6.07, 6.45) is 3.50. The van der Waals surface area contributed by atoms with Crippen LogP contribution in [-0.2, 0) is 16.1 Å². The van der Waals surface area contributed by atoms with Gasteiger partial charge < -0.3 is 10.1 Å². The van der Waals surface area contributed by atoms with Gasteiger partial charge in [0.25, 0.3) is 5.56 Å². The number of ether oxygens (including phenoxy) is 1. The number of rotatable bonds is 4. The fraction of sp³-hybridized carbons (Fsp3) is 0.444. The largest absolute Gasteiger partial charge is 0.453 e. The van der Waals surface area contributed by atoms with E-state index in [9.17, 15) is 14.4 Å². The van der Waals surface area contributed by atoms with Crippen molar-refractivity contribution in [1.82, 2.24) is 20.0 Å². The molecule has 26 heavy (non-hydrogen) atoms. The molecule has 0 unspecified atom stereocenters. The van der Waals surface area contributed by atoms with E-state index in [0.717, 1.165) is 18.2 Å². The summed E-state index contributed by atoms with van der Waals surface area (Å²) in [6.45, 7) is 1.03. The van der Waals surface area contributed by atoms with Gasteiger partial charge in [0.1, 0.15) is 6.04 Å². The van der Waals surface area contributed by atoms with E-state index in [1.165, 1.54) is 16.7 Å². The smallest absolute Gasteiger partial charge is 0.410 e. The van der Waals surface area contributed by atoms with Gasteiger partial charge in [0.2, 0.25) is 5.91 Å². The monoisotopic (exact) mass is 358 g/mol. The third kappa shape index (κ3) is 3.68. The van der Waals surface area contributed by atoms with Crippen molar-refractivity contribution in [2.45, 2.75) is 31.8 Å². The lowest BCUT2D eigenvalue weighted by molar-refractivity contribution is -0.127. The molecule has 1 N–H and O–H groups in total. The van der Waals surface area contributed by atoms with E-state index in [4.69, 9.17) is 4.74 Å². The summed E-state index contributed by atoms with van der Waals surface area (Å²) >= 11 is 0. The van der Waals surface area contributed by atoms with Crippen LogP contribution in [0.25, 0.3) is 10.8 Å². The molecule has 8 nitrogen and oxygen atoms in total. The summed E-state index contributed by atoms with van der Waals surface area (Å²) in [5.41, 5.74) is -0.189. The van der Waals surface area contributed by atoms with Crippen molar-refractivity contribution in [3.8, 4) is 0 Å². The topological polar surface area (TPSA) is 93.5 Å². The maximum Gasteiger partial charge on any atom is 0.410 e. The number of aromatic nitrogens is 2. The second-order valence-corrected chi connectivity index (χ2v) is 6.23. The van der Waals surface area contributed by atoms with E-state index >= 15 is 0 Å². The molecule has 8 heteroatoms. The van der Waals surface area contributed by atoms with Crippen LogP contribution in [0.2, 0.25) is 0 Å². The van der Waals surface area contributed by atoms with Gasteiger partial charge in [0.15, 0.2) is 0 Å². The van der Waals surface area contributed by atoms with E-state index in [-0.39, 0.29) is 24.6 Å². The Bertz CT molecular complexity index is 864. The zero-order valence-electron chi connectivity index (χ0n) is 14.7. The van der Waals surface area contributed by atoms with E-state index in [1.54, 1.807) is 18.3 Å². The van der Waals surface area contributed by atoms with Crippen molar-refractivity contribution in [1.29, 1.82) is 0 Å². The molecule has 0 saturated carbocycles. The van der Waals surface area contributed by atoms with Gasteiger partial charge in [0.05, 0.1) is 25.2 Å². The average molecular weight is 358 g/mol. The number of nitrogens with zero attached hydrogens (tertiary/aromatic N) is 3. The number of methoxy groups -OCH3 is 1. The molecular formula is C18H22N4O4. The number of carbonyl (C=O) groups is 2. The summed E-state index contributed by atoms with van der Waals surface area (Å²) in [6, 6.07) is 6.72. The number of piperidine rings is 1. The van der Waals surface area contributed by atoms with Crippen LogP contribution < -0.4 is 10.9 Å². The summed E-state index contributed by atoms with van der Waals surface area (Å²) in [7, 11) is 1.31. The van der Waals surface area contributed by atoms with Crippen molar-refractivity contribution in [2.24, 2.45) is 0 Å². The molecule has 1 aromatic carbocycles. The summed E-state index contributed by atoms with van der Waals surface area (Å²) in [5, 5.41) is 8.32. The molecule has 1 aliphatic heterocycles. The average Bonchev–Trinajstić information content (AvgIpc) is 2.69. The normalized spacial score (nSPS) is 17.1. The molecule has 138 valence electrons. The predicted molar refractivity (Wildman–Crippen MR) is 95.8 cm³/mol. The molecule has 1 atom stereocenters. The van der Waals surface area contributed by atoms with Gasteiger partial charge in [-0.1, -0.05) is 18.2 Å². The van der Waals surface area contributed by atoms with E-state index in [0.29, 0.717) is 18.4 Å². The van der Waals surface area contributed by atoms with Crippen LogP contribution in [0.4, 0.5) is 4.79 Å². The SMILES string of the molecule is COC(=O)N1CCCC[C@H]1C(=O)NCCn1ncc2ccccc2c1=O. The van der Waals surface area contributed by atoms with Gasteiger partial charge in [0, 0.05) is 18.5 Å². The first-order chi connectivity index (χ1) is 12.6. The van der Waals surface area contributed by atoms with Crippen LogP contribution in [0.1, 0.15) is 19.3 Å². The number of amides is 2. The zero-order chi connectivity index (χ0) is 18.5. The van der Waals surface area contributed by atoms with Crippen molar-refractivity contribution in [2.75, 3.05) is 20.2 Å². The highest BCUT2D eigenvalue weighted by atomic mass is 16.5. The lowest BCUT2D eigenvalue weighted by atomic mass is 10.0. The second-order valence-electron chi connectivity index (χ2n) is 6.23. The number of carbonyl (C=O) groups excluding carboxylic acids is 2. The highest BCUT2D eigenvalue weighted by Crippen LogP contribution is 2.18. The Morgan fingerprint density at radius 2 is 2.12 bits per heavy atom. The maximum absolute atomic E-state index is 12.4. The minimum atomic E-state index is -0.530. The molecule has 2 aromatic rings. The number of benzene rings is 1. The Kier molecular flexibility index (Phi) is 5.50. The third-order valence-corrected chi connectivity index (χ3v) is 4.60. The molecule has 2 heterocycles. The van der Waals surface area contributed by atoms with E-state index in [1.807, 2.05) is 12.1 Å². The fourth-order valence-electron chi connectivity index (χ4n) is 3.23. The quantitative estimate of drug-likeness (QED) is 0.884. The molecular weight excluding hydrogens is 336 g/mol. The molecule has 0 aliphatic carbocycles. The first-order valence-corrected chi connectivity index (χ1v) is 8.69. The van der Waals surface area contributed by atoms with Crippen molar-refractivity contribution >= 4 is 22.8 Å². The minimum absolute atomic E-state index is 0.189. The van der Waals surface area contributed by atoms with Gasteiger partial charge in [-0.15, -0.1) is 0 Å². The van der Waals surface area contributed by atoms with Crippen molar-refractivity contribution in [3.63, 3.8) is 0 Å². The van der Waals surface area contributed by atoms with Gasteiger partial charge >= 0.3 is 6.09 Å². The zero-order valence-corrected chi connectivity index (χ0v) is 14.7. The second kappa shape index (κ2) is 7.99. The third-order valence-electron chi connectivity index (χ3n) is 4.60. The Balaban J connectivity index is 1.62. The Morgan fingerprint density at radius 3 is 2.92 bits per heavy atom. The van der Waals surface area contributed by atoms with Crippen LogP contribution in [0.3, 0.4) is 0 Å². The first kappa shape index (κ1) is 17.9. The van der Waals surface area contributed by atoms with Crippen LogP contribution in [0, 0.1) is 0 Å². The summed E-state index contributed by atoms with van der Waals surface area (Å²) in [5.74, 6) is -0.232.